The fourth-order valence-electron chi connectivity index (χ4n) is 3.80. The van der Waals surface area contributed by atoms with E-state index in [4.69, 9.17) is 9.15 Å². The molecule has 1 aliphatic rings. The molecular formula is C23H25N3O6. The van der Waals surface area contributed by atoms with Crippen LogP contribution in [0.3, 0.4) is 0 Å². The number of aromatic hydroxyl groups is 1. The lowest BCUT2D eigenvalue weighted by Crippen LogP contribution is -2.42. The van der Waals surface area contributed by atoms with Crippen molar-refractivity contribution >= 4 is 28.9 Å². The van der Waals surface area contributed by atoms with Gasteiger partial charge in [0.1, 0.15) is 17.1 Å². The molecule has 1 fully saturated rings. The number of aryl methyl sites for hydroxylation is 1. The molecule has 0 aliphatic carbocycles. The van der Waals surface area contributed by atoms with Crippen molar-refractivity contribution in [3.8, 4) is 5.75 Å². The van der Waals surface area contributed by atoms with Crippen molar-refractivity contribution in [2.45, 2.75) is 25.9 Å². The third-order valence-corrected chi connectivity index (χ3v) is 5.49. The molecule has 0 saturated carbocycles. The first-order valence-corrected chi connectivity index (χ1v) is 10.4. The average Bonchev–Trinajstić information content (AvgIpc) is 3.44. The molecule has 1 aliphatic heterocycles. The van der Waals surface area contributed by atoms with Crippen LogP contribution in [0.15, 0.2) is 44.3 Å². The number of carbonyl (C=O) groups is 1. The molecule has 3 aromatic rings. The van der Waals surface area contributed by atoms with Gasteiger partial charge in [-0.3, -0.25) is 14.4 Å². The number of anilines is 4. The lowest BCUT2D eigenvalue weighted by Gasteiger charge is -2.28. The number of para-hydroxylation sites is 1. The van der Waals surface area contributed by atoms with Crippen molar-refractivity contribution in [1.82, 2.24) is 4.90 Å². The Morgan fingerprint density at radius 2 is 1.97 bits per heavy atom. The van der Waals surface area contributed by atoms with E-state index in [0.29, 0.717) is 24.8 Å². The summed E-state index contributed by atoms with van der Waals surface area (Å²) in [6.07, 6.45) is 1.66. The number of ether oxygens (including phenoxy) is 1. The number of benzene rings is 1. The van der Waals surface area contributed by atoms with Crippen LogP contribution in [0.25, 0.3) is 0 Å². The van der Waals surface area contributed by atoms with E-state index >= 15 is 0 Å². The van der Waals surface area contributed by atoms with Crippen LogP contribution in [0, 0.1) is 6.92 Å². The first kappa shape index (κ1) is 21.6. The van der Waals surface area contributed by atoms with Gasteiger partial charge >= 0.3 is 0 Å². The van der Waals surface area contributed by atoms with Gasteiger partial charge in [0.25, 0.3) is 16.8 Å². The average molecular weight is 439 g/mol. The summed E-state index contributed by atoms with van der Waals surface area (Å²) in [4.78, 5) is 40.4. The molecule has 4 rings (SSSR count). The number of hydrogen-bond acceptors (Lipinski definition) is 8. The van der Waals surface area contributed by atoms with E-state index < -0.39 is 10.9 Å². The van der Waals surface area contributed by atoms with Gasteiger partial charge in [-0.1, -0.05) is 6.07 Å². The maximum Gasteiger partial charge on any atom is 0.257 e. The van der Waals surface area contributed by atoms with E-state index in [1.54, 1.807) is 44.1 Å². The molecular weight excluding hydrogens is 414 g/mol. The van der Waals surface area contributed by atoms with Gasteiger partial charge in [-0.15, -0.1) is 0 Å². The van der Waals surface area contributed by atoms with Crippen LogP contribution in [-0.4, -0.2) is 49.3 Å². The number of amides is 1. The standard InChI is InChI=1S/C23H25N3O6/c1-13-9-10-17(32-13)26(12-14-6-5-11-31-14)19-18(21(28)22(19)29)24-16-8-4-7-15(20(16)27)23(30)25(2)3/h4,7-10,14,24,27H,5-6,11-12H2,1-3H3/t14-/m1/s1. The highest BCUT2D eigenvalue weighted by Crippen LogP contribution is 2.36. The van der Waals surface area contributed by atoms with Gasteiger partial charge in [0, 0.05) is 26.8 Å². The Kier molecular flexibility index (Phi) is 5.75. The van der Waals surface area contributed by atoms with Crippen molar-refractivity contribution < 1.29 is 19.1 Å². The highest BCUT2D eigenvalue weighted by Gasteiger charge is 2.32. The lowest BCUT2D eigenvalue weighted by atomic mass is 10.1. The second kappa shape index (κ2) is 8.51. The zero-order valence-corrected chi connectivity index (χ0v) is 18.2. The molecule has 9 heteroatoms. The second-order valence-corrected chi connectivity index (χ2v) is 8.04. The maximum atomic E-state index is 12.6. The molecule has 1 saturated heterocycles. The van der Waals surface area contributed by atoms with Gasteiger partial charge in [0.2, 0.25) is 0 Å². The highest BCUT2D eigenvalue weighted by atomic mass is 16.5. The molecule has 168 valence electrons. The maximum absolute atomic E-state index is 12.6. The highest BCUT2D eigenvalue weighted by molar-refractivity contribution is 5.99. The van der Waals surface area contributed by atoms with Crippen molar-refractivity contribution in [3.63, 3.8) is 0 Å². The summed E-state index contributed by atoms with van der Waals surface area (Å²) in [5.41, 5.74) is -0.948. The molecule has 0 bridgehead atoms. The Balaban J connectivity index is 1.71. The van der Waals surface area contributed by atoms with Crippen molar-refractivity contribution in [2.24, 2.45) is 0 Å². The largest absolute Gasteiger partial charge is 0.505 e. The van der Waals surface area contributed by atoms with Gasteiger partial charge in [-0.2, -0.15) is 0 Å². The fourth-order valence-corrected chi connectivity index (χ4v) is 3.80. The van der Waals surface area contributed by atoms with Gasteiger partial charge in [0.15, 0.2) is 11.6 Å². The molecule has 0 radical (unpaired) electrons. The predicted molar refractivity (Wildman–Crippen MR) is 120 cm³/mol. The molecule has 2 N–H and O–H groups in total. The fraction of sp³-hybridized carbons (Fsp3) is 0.348. The Morgan fingerprint density at radius 1 is 1.19 bits per heavy atom. The van der Waals surface area contributed by atoms with Gasteiger partial charge < -0.3 is 29.4 Å². The van der Waals surface area contributed by atoms with E-state index in [9.17, 15) is 19.5 Å². The number of furan rings is 1. The first-order valence-electron chi connectivity index (χ1n) is 10.4. The SMILES string of the molecule is Cc1ccc(N(C[C@H]2CCCO2)c2c(Nc3cccc(C(=O)N(C)C)c3O)c(=O)c2=O)o1. The Morgan fingerprint density at radius 3 is 2.59 bits per heavy atom. The molecule has 1 amide bonds. The molecule has 2 heterocycles. The van der Waals surface area contributed by atoms with E-state index in [2.05, 4.69) is 5.32 Å². The van der Waals surface area contributed by atoms with E-state index in [0.717, 1.165) is 12.8 Å². The van der Waals surface area contributed by atoms with Crippen molar-refractivity contribution in [2.75, 3.05) is 37.5 Å². The number of nitrogens with one attached hydrogen (secondary N) is 1. The van der Waals surface area contributed by atoms with Gasteiger partial charge in [-0.25, -0.2) is 0 Å². The monoisotopic (exact) mass is 439 g/mol. The normalized spacial score (nSPS) is 15.8. The summed E-state index contributed by atoms with van der Waals surface area (Å²) < 4.78 is 11.5. The first-order chi connectivity index (χ1) is 15.3. The molecule has 1 atom stereocenters. The number of carbonyl (C=O) groups excluding carboxylic acids is 1. The molecule has 1 aromatic heterocycles. The summed E-state index contributed by atoms with van der Waals surface area (Å²) in [6, 6.07) is 8.12. The number of phenols is 1. The lowest BCUT2D eigenvalue weighted by molar-refractivity contribution is 0.0824. The predicted octanol–water partition coefficient (Wildman–Crippen LogP) is 2.65. The van der Waals surface area contributed by atoms with Crippen LogP contribution in [0.5, 0.6) is 5.75 Å². The van der Waals surface area contributed by atoms with Crippen LogP contribution in [0.4, 0.5) is 22.9 Å². The summed E-state index contributed by atoms with van der Waals surface area (Å²) in [5.74, 6) is 0.402. The van der Waals surface area contributed by atoms with Crippen LogP contribution < -0.4 is 21.1 Å². The third kappa shape index (κ3) is 3.87. The quantitative estimate of drug-likeness (QED) is 0.427. The van der Waals surface area contributed by atoms with Crippen LogP contribution in [0.1, 0.15) is 29.0 Å². The molecule has 0 spiro atoms. The summed E-state index contributed by atoms with van der Waals surface area (Å²) in [5, 5.41) is 13.5. The van der Waals surface area contributed by atoms with Crippen molar-refractivity contribution in [1.29, 1.82) is 0 Å². The topological polar surface area (TPSA) is 112 Å². The van der Waals surface area contributed by atoms with Gasteiger partial charge in [0.05, 0.1) is 23.9 Å². The molecule has 0 unspecified atom stereocenters. The van der Waals surface area contributed by atoms with E-state index in [1.165, 1.54) is 17.0 Å². The minimum absolute atomic E-state index is 0.0341. The third-order valence-electron chi connectivity index (χ3n) is 5.49. The number of nitrogens with zero attached hydrogens (tertiary/aromatic N) is 2. The molecule has 2 aromatic carbocycles. The Labute approximate surface area is 184 Å². The van der Waals surface area contributed by atoms with E-state index in [-0.39, 0.29) is 40.4 Å². The minimum Gasteiger partial charge on any atom is -0.505 e. The zero-order valence-electron chi connectivity index (χ0n) is 18.2. The summed E-state index contributed by atoms with van der Waals surface area (Å²) >= 11 is 0. The van der Waals surface area contributed by atoms with Gasteiger partial charge in [-0.05, 0) is 38.0 Å². The van der Waals surface area contributed by atoms with Crippen LogP contribution in [0.2, 0.25) is 0 Å². The smallest absolute Gasteiger partial charge is 0.257 e. The van der Waals surface area contributed by atoms with Crippen molar-refractivity contribution in [3.05, 3.63) is 62.1 Å². The zero-order chi connectivity index (χ0) is 23.0. The Bertz CT molecular complexity index is 1220. The Hall–Kier alpha value is -3.59. The number of rotatable bonds is 7. The van der Waals surface area contributed by atoms with Crippen LogP contribution in [-0.2, 0) is 4.74 Å². The van der Waals surface area contributed by atoms with Crippen LogP contribution >= 0.6 is 0 Å². The minimum atomic E-state index is -0.704. The molecule has 32 heavy (non-hydrogen) atoms. The number of phenolic OH excluding ortho intramolecular Hbond substituents is 1. The summed E-state index contributed by atoms with van der Waals surface area (Å²) in [7, 11) is 3.15. The molecule has 9 nitrogen and oxygen atoms in total. The number of hydrogen-bond donors (Lipinski definition) is 2. The van der Waals surface area contributed by atoms with E-state index in [1.807, 2.05) is 0 Å². The summed E-state index contributed by atoms with van der Waals surface area (Å²) in [6.45, 7) is 2.78. The second-order valence-electron chi connectivity index (χ2n) is 8.04.